The molecule has 0 heterocycles. The van der Waals surface area contributed by atoms with E-state index in [1.54, 1.807) is 0 Å². The standard InChI is InChI=1S/C53H102O5/c1-3-5-7-9-11-13-15-16-17-18-19-20-21-22-23-24-25-26-27-28-29-30-31-32-33-34-35-36-37-38-40-41-43-45-47-52(55)57-50-51(49-54)58-53(56)48-46-44-42-39-14-12-10-8-6-4-2/h8,10,51,54H,3-7,9,11-50H2,1-2H3/b10-8-. The van der Waals surface area contributed by atoms with Gasteiger partial charge in [-0.25, -0.2) is 0 Å². The fourth-order valence-corrected chi connectivity index (χ4v) is 8.09. The van der Waals surface area contributed by atoms with Gasteiger partial charge in [-0.3, -0.25) is 9.59 Å². The highest BCUT2D eigenvalue weighted by Gasteiger charge is 2.16. The molecule has 344 valence electrons. The van der Waals surface area contributed by atoms with Gasteiger partial charge in [-0.05, 0) is 32.1 Å². The zero-order chi connectivity index (χ0) is 42.1. The third kappa shape index (κ3) is 47.3. The van der Waals surface area contributed by atoms with Crippen LogP contribution in [0.2, 0.25) is 0 Å². The van der Waals surface area contributed by atoms with Gasteiger partial charge in [0.1, 0.15) is 6.61 Å². The number of aliphatic hydroxyl groups is 1. The minimum atomic E-state index is -0.769. The van der Waals surface area contributed by atoms with Gasteiger partial charge in [0, 0.05) is 12.8 Å². The average Bonchev–Trinajstić information content (AvgIpc) is 3.23. The maximum Gasteiger partial charge on any atom is 0.306 e. The van der Waals surface area contributed by atoms with Crippen LogP contribution in [0.5, 0.6) is 0 Å². The minimum Gasteiger partial charge on any atom is -0.462 e. The van der Waals surface area contributed by atoms with Gasteiger partial charge in [0.05, 0.1) is 6.61 Å². The Morgan fingerprint density at radius 3 is 1.00 bits per heavy atom. The lowest BCUT2D eigenvalue weighted by Crippen LogP contribution is -2.28. The van der Waals surface area contributed by atoms with E-state index in [1.165, 1.54) is 225 Å². The number of ether oxygens (including phenoxy) is 2. The van der Waals surface area contributed by atoms with E-state index in [1.807, 2.05) is 0 Å². The molecule has 0 aromatic carbocycles. The molecule has 0 aromatic rings. The molecule has 0 aromatic heterocycles. The number of carbonyl (C=O) groups excluding carboxylic acids is 2. The monoisotopic (exact) mass is 819 g/mol. The van der Waals surface area contributed by atoms with Crippen LogP contribution >= 0.6 is 0 Å². The molecule has 0 saturated carbocycles. The second kappa shape index (κ2) is 50.0. The lowest BCUT2D eigenvalue weighted by atomic mass is 10.0. The third-order valence-electron chi connectivity index (χ3n) is 12.0. The fourth-order valence-electron chi connectivity index (χ4n) is 8.09. The van der Waals surface area contributed by atoms with Gasteiger partial charge in [0.2, 0.25) is 0 Å². The molecule has 0 bridgehead atoms. The van der Waals surface area contributed by atoms with Crippen molar-refractivity contribution in [2.75, 3.05) is 13.2 Å². The van der Waals surface area contributed by atoms with Crippen molar-refractivity contribution < 1.29 is 24.2 Å². The van der Waals surface area contributed by atoms with Crippen LogP contribution in [0.25, 0.3) is 0 Å². The number of aliphatic hydroxyl groups excluding tert-OH is 1. The Morgan fingerprint density at radius 2 is 0.672 bits per heavy atom. The Balaban J connectivity index is 3.32. The maximum absolute atomic E-state index is 12.1. The van der Waals surface area contributed by atoms with Gasteiger partial charge in [0.25, 0.3) is 0 Å². The molecule has 0 aliphatic carbocycles. The zero-order valence-electron chi connectivity index (χ0n) is 39.3. The number of hydrogen-bond acceptors (Lipinski definition) is 5. The predicted octanol–water partition coefficient (Wildman–Crippen LogP) is 17.2. The Hall–Kier alpha value is -1.36. The Bertz CT molecular complexity index is 840. The van der Waals surface area contributed by atoms with Crippen molar-refractivity contribution >= 4 is 11.9 Å². The number of allylic oxidation sites excluding steroid dienone is 2. The van der Waals surface area contributed by atoms with E-state index in [-0.39, 0.29) is 25.2 Å². The summed E-state index contributed by atoms with van der Waals surface area (Å²) >= 11 is 0. The number of rotatable bonds is 49. The molecule has 0 rings (SSSR count). The molecular formula is C53H102O5. The smallest absolute Gasteiger partial charge is 0.306 e. The van der Waals surface area contributed by atoms with E-state index in [0.717, 1.165) is 44.9 Å². The largest absolute Gasteiger partial charge is 0.462 e. The first-order valence-electron chi connectivity index (χ1n) is 26.2. The Morgan fingerprint density at radius 1 is 0.379 bits per heavy atom. The zero-order valence-corrected chi connectivity index (χ0v) is 39.3. The SMILES string of the molecule is CCC/C=C\CCCCCCCC(=O)OC(CO)COC(=O)CCCCCCCCCCCCCCCCCCCCCCCCCCCCCCCCCCCC. The van der Waals surface area contributed by atoms with Crippen LogP contribution < -0.4 is 0 Å². The highest BCUT2D eigenvalue weighted by atomic mass is 16.6. The first-order valence-corrected chi connectivity index (χ1v) is 26.2. The third-order valence-corrected chi connectivity index (χ3v) is 12.0. The van der Waals surface area contributed by atoms with Crippen LogP contribution in [0.4, 0.5) is 0 Å². The van der Waals surface area contributed by atoms with Crippen LogP contribution in [-0.4, -0.2) is 36.4 Å². The summed E-state index contributed by atoms with van der Waals surface area (Å²) < 4.78 is 10.6. The molecule has 5 nitrogen and oxygen atoms in total. The fraction of sp³-hybridized carbons (Fsp3) is 0.925. The van der Waals surface area contributed by atoms with E-state index in [2.05, 4.69) is 26.0 Å². The van der Waals surface area contributed by atoms with Gasteiger partial charge in [-0.1, -0.05) is 264 Å². The van der Waals surface area contributed by atoms with E-state index in [0.29, 0.717) is 12.8 Å². The molecule has 5 heteroatoms. The molecule has 58 heavy (non-hydrogen) atoms. The molecule has 1 N–H and O–H groups in total. The van der Waals surface area contributed by atoms with E-state index >= 15 is 0 Å². The summed E-state index contributed by atoms with van der Waals surface area (Å²) in [6.07, 6.45) is 60.7. The van der Waals surface area contributed by atoms with Crippen LogP contribution in [0.15, 0.2) is 12.2 Å². The van der Waals surface area contributed by atoms with Crippen LogP contribution in [0.1, 0.15) is 296 Å². The molecular weight excluding hydrogens is 717 g/mol. The molecule has 1 unspecified atom stereocenters. The molecule has 0 amide bonds. The Kier molecular flexibility index (Phi) is 48.8. The second-order valence-corrected chi connectivity index (χ2v) is 18.0. The highest BCUT2D eigenvalue weighted by molar-refractivity contribution is 5.70. The normalized spacial score (nSPS) is 12.1. The Labute approximate surface area is 362 Å². The summed E-state index contributed by atoms with van der Waals surface area (Å²) in [7, 11) is 0. The summed E-state index contributed by atoms with van der Waals surface area (Å²) in [6, 6.07) is 0. The molecule has 0 aliphatic rings. The van der Waals surface area contributed by atoms with E-state index in [4.69, 9.17) is 9.47 Å². The lowest BCUT2D eigenvalue weighted by Gasteiger charge is -2.15. The number of esters is 2. The summed E-state index contributed by atoms with van der Waals surface area (Å²) in [5.41, 5.74) is 0. The van der Waals surface area contributed by atoms with Gasteiger partial charge < -0.3 is 14.6 Å². The minimum absolute atomic E-state index is 0.0632. The molecule has 0 fully saturated rings. The van der Waals surface area contributed by atoms with Crippen molar-refractivity contribution in [3.05, 3.63) is 12.2 Å². The molecule has 0 aliphatic heterocycles. The van der Waals surface area contributed by atoms with E-state index < -0.39 is 6.10 Å². The van der Waals surface area contributed by atoms with Crippen LogP contribution in [0, 0.1) is 0 Å². The van der Waals surface area contributed by atoms with Gasteiger partial charge in [-0.2, -0.15) is 0 Å². The van der Waals surface area contributed by atoms with Crippen LogP contribution in [-0.2, 0) is 19.1 Å². The van der Waals surface area contributed by atoms with Crippen molar-refractivity contribution in [3.63, 3.8) is 0 Å². The molecule has 0 saturated heterocycles. The van der Waals surface area contributed by atoms with Gasteiger partial charge in [-0.15, -0.1) is 0 Å². The summed E-state index contributed by atoms with van der Waals surface area (Å²) in [4.78, 5) is 24.3. The summed E-state index contributed by atoms with van der Waals surface area (Å²) in [6.45, 7) is 4.10. The van der Waals surface area contributed by atoms with Crippen LogP contribution in [0.3, 0.4) is 0 Å². The maximum atomic E-state index is 12.1. The van der Waals surface area contributed by atoms with Crippen molar-refractivity contribution in [1.29, 1.82) is 0 Å². The average molecular weight is 819 g/mol. The van der Waals surface area contributed by atoms with Crippen molar-refractivity contribution in [2.45, 2.75) is 302 Å². The van der Waals surface area contributed by atoms with Gasteiger partial charge >= 0.3 is 11.9 Å². The topological polar surface area (TPSA) is 72.8 Å². The van der Waals surface area contributed by atoms with Crippen molar-refractivity contribution in [2.24, 2.45) is 0 Å². The number of hydrogen-bond donors (Lipinski definition) is 1. The van der Waals surface area contributed by atoms with Crippen molar-refractivity contribution in [1.82, 2.24) is 0 Å². The highest BCUT2D eigenvalue weighted by Crippen LogP contribution is 2.18. The van der Waals surface area contributed by atoms with E-state index in [9.17, 15) is 14.7 Å². The summed E-state index contributed by atoms with van der Waals surface area (Å²) in [5.74, 6) is -0.589. The molecule has 1 atom stereocenters. The lowest BCUT2D eigenvalue weighted by molar-refractivity contribution is -0.161. The quantitative estimate of drug-likeness (QED) is 0.0376. The first-order chi connectivity index (χ1) is 28.6. The summed E-state index contributed by atoms with van der Waals surface area (Å²) in [5, 5.41) is 9.56. The predicted molar refractivity (Wildman–Crippen MR) is 252 cm³/mol. The molecule has 0 spiro atoms. The number of unbranched alkanes of at least 4 members (excludes halogenated alkanes) is 39. The van der Waals surface area contributed by atoms with Gasteiger partial charge in [0.15, 0.2) is 6.10 Å². The number of carbonyl (C=O) groups is 2. The molecule has 0 radical (unpaired) electrons. The second-order valence-electron chi connectivity index (χ2n) is 18.0. The van der Waals surface area contributed by atoms with Crippen molar-refractivity contribution in [3.8, 4) is 0 Å². The first kappa shape index (κ1) is 56.6.